The SMILES string of the molecule is Cc1cnc(C)c(N2CCC(N3CCC[C@@H](O)C3)CC2)n1. The van der Waals surface area contributed by atoms with Gasteiger partial charge in [0, 0.05) is 31.9 Å². The molecule has 3 heterocycles. The summed E-state index contributed by atoms with van der Waals surface area (Å²) >= 11 is 0. The molecule has 5 nitrogen and oxygen atoms in total. The number of aliphatic hydroxyl groups is 1. The second kappa shape index (κ2) is 6.28. The molecule has 1 atom stereocenters. The minimum Gasteiger partial charge on any atom is -0.392 e. The standard InChI is InChI=1S/C16H26N4O/c1-12-10-17-13(2)16(18-12)19-8-5-14(6-9-19)20-7-3-4-15(21)11-20/h10,14-15,21H,3-9,11H2,1-2H3/t15-/m1/s1. The van der Waals surface area contributed by atoms with Crippen molar-refractivity contribution in [3.05, 3.63) is 17.6 Å². The number of hydrogen-bond donors (Lipinski definition) is 1. The van der Waals surface area contributed by atoms with E-state index in [1.807, 2.05) is 20.0 Å². The number of likely N-dealkylation sites (tertiary alicyclic amines) is 1. The van der Waals surface area contributed by atoms with E-state index in [0.29, 0.717) is 6.04 Å². The highest BCUT2D eigenvalue weighted by atomic mass is 16.3. The first-order chi connectivity index (χ1) is 10.1. The van der Waals surface area contributed by atoms with Crippen LogP contribution in [0.4, 0.5) is 5.82 Å². The highest BCUT2D eigenvalue weighted by molar-refractivity contribution is 5.43. The molecule has 1 aromatic rings. The van der Waals surface area contributed by atoms with Crippen LogP contribution < -0.4 is 4.90 Å². The zero-order valence-corrected chi connectivity index (χ0v) is 13.1. The van der Waals surface area contributed by atoms with Crippen molar-refractivity contribution in [2.45, 2.75) is 51.7 Å². The molecule has 0 saturated carbocycles. The summed E-state index contributed by atoms with van der Waals surface area (Å²) in [5.74, 6) is 1.05. The number of β-amino-alcohol motifs (C(OH)–C–C–N with tert-alkyl or cyclic N) is 1. The Kier molecular flexibility index (Phi) is 4.40. The van der Waals surface area contributed by atoms with Crippen LogP contribution in [0.1, 0.15) is 37.1 Å². The summed E-state index contributed by atoms with van der Waals surface area (Å²) in [5, 5.41) is 9.84. The van der Waals surface area contributed by atoms with Crippen LogP contribution >= 0.6 is 0 Å². The summed E-state index contributed by atoms with van der Waals surface area (Å²) in [6, 6.07) is 0.620. The fourth-order valence-corrected chi connectivity index (χ4v) is 3.58. The molecule has 21 heavy (non-hydrogen) atoms. The molecule has 116 valence electrons. The maximum atomic E-state index is 9.84. The molecular formula is C16H26N4O. The molecule has 0 amide bonds. The number of hydrogen-bond acceptors (Lipinski definition) is 5. The third kappa shape index (κ3) is 3.35. The maximum Gasteiger partial charge on any atom is 0.150 e. The van der Waals surface area contributed by atoms with E-state index in [9.17, 15) is 5.11 Å². The second-order valence-corrected chi connectivity index (χ2v) is 6.43. The third-order valence-electron chi connectivity index (χ3n) is 4.76. The van der Waals surface area contributed by atoms with Crippen molar-refractivity contribution in [1.82, 2.24) is 14.9 Å². The number of aryl methyl sites for hydroxylation is 2. The van der Waals surface area contributed by atoms with Crippen molar-refractivity contribution in [2.24, 2.45) is 0 Å². The van der Waals surface area contributed by atoms with E-state index in [1.165, 1.54) is 0 Å². The van der Waals surface area contributed by atoms with Crippen LogP contribution in [0.5, 0.6) is 0 Å². The zero-order chi connectivity index (χ0) is 14.8. The van der Waals surface area contributed by atoms with Crippen molar-refractivity contribution >= 4 is 5.82 Å². The number of rotatable bonds is 2. The van der Waals surface area contributed by atoms with Gasteiger partial charge in [0.1, 0.15) is 5.82 Å². The van der Waals surface area contributed by atoms with E-state index in [4.69, 9.17) is 0 Å². The Morgan fingerprint density at radius 3 is 2.62 bits per heavy atom. The summed E-state index contributed by atoms with van der Waals surface area (Å²) in [5.41, 5.74) is 2.00. The van der Waals surface area contributed by atoms with Crippen molar-refractivity contribution < 1.29 is 5.11 Å². The molecule has 0 unspecified atom stereocenters. The summed E-state index contributed by atoms with van der Waals surface area (Å²) in [7, 11) is 0. The van der Waals surface area contributed by atoms with E-state index in [2.05, 4.69) is 19.8 Å². The normalized spacial score (nSPS) is 25.3. The molecule has 0 radical (unpaired) electrons. The Balaban J connectivity index is 1.61. The molecule has 1 aromatic heterocycles. The quantitative estimate of drug-likeness (QED) is 0.895. The molecule has 2 fully saturated rings. The Morgan fingerprint density at radius 1 is 1.14 bits per heavy atom. The lowest BCUT2D eigenvalue weighted by atomic mass is 9.99. The summed E-state index contributed by atoms with van der Waals surface area (Å²) < 4.78 is 0. The number of aromatic nitrogens is 2. The number of anilines is 1. The first-order valence-electron chi connectivity index (χ1n) is 8.11. The van der Waals surface area contributed by atoms with Crippen molar-refractivity contribution in [3.8, 4) is 0 Å². The Labute approximate surface area is 127 Å². The van der Waals surface area contributed by atoms with Crippen LogP contribution in [0.15, 0.2) is 6.20 Å². The molecular weight excluding hydrogens is 264 g/mol. The molecule has 0 spiro atoms. The second-order valence-electron chi connectivity index (χ2n) is 6.43. The largest absolute Gasteiger partial charge is 0.392 e. The van der Waals surface area contributed by atoms with E-state index in [1.54, 1.807) is 0 Å². The van der Waals surface area contributed by atoms with Gasteiger partial charge < -0.3 is 10.0 Å². The maximum absolute atomic E-state index is 9.84. The lowest BCUT2D eigenvalue weighted by molar-refractivity contribution is 0.0398. The Morgan fingerprint density at radius 2 is 1.90 bits per heavy atom. The van der Waals surface area contributed by atoms with Gasteiger partial charge in [-0.2, -0.15) is 0 Å². The van der Waals surface area contributed by atoms with Crippen molar-refractivity contribution in [3.63, 3.8) is 0 Å². The minimum atomic E-state index is -0.123. The molecule has 2 saturated heterocycles. The van der Waals surface area contributed by atoms with E-state index < -0.39 is 0 Å². The van der Waals surface area contributed by atoms with Gasteiger partial charge in [-0.15, -0.1) is 0 Å². The molecule has 3 rings (SSSR count). The van der Waals surface area contributed by atoms with Crippen LogP contribution in [-0.2, 0) is 0 Å². The van der Waals surface area contributed by atoms with E-state index in [-0.39, 0.29) is 6.10 Å². The predicted octanol–water partition coefficient (Wildman–Crippen LogP) is 1.52. The molecule has 2 aliphatic rings. The fraction of sp³-hybridized carbons (Fsp3) is 0.750. The zero-order valence-electron chi connectivity index (χ0n) is 13.1. The predicted molar refractivity (Wildman–Crippen MR) is 83.6 cm³/mol. The first-order valence-corrected chi connectivity index (χ1v) is 8.11. The van der Waals surface area contributed by atoms with E-state index >= 15 is 0 Å². The van der Waals surface area contributed by atoms with Crippen molar-refractivity contribution in [1.29, 1.82) is 0 Å². The monoisotopic (exact) mass is 290 g/mol. The molecule has 5 heteroatoms. The molecule has 0 aliphatic carbocycles. The van der Waals surface area contributed by atoms with Gasteiger partial charge >= 0.3 is 0 Å². The van der Waals surface area contributed by atoms with Gasteiger partial charge in [0.2, 0.25) is 0 Å². The summed E-state index contributed by atoms with van der Waals surface area (Å²) in [6.07, 6.45) is 6.11. The average Bonchev–Trinajstić information content (AvgIpc) is 2.50. The highest BCUT2D eigenvalue weighted by Gasteiger charge is 2.29. The van der Waals surface area contributed by atoms with E-state index in [0.717, 1.165) is 69.1 Å². The molecule has 0 aromatic carbocycles. The summed E-state index contributed by atoms with van der Waals surface area (Å²) in [4.78, 5) is 13.9. The highest BCUT2D eigenvalue weighted by Crippen LogP contribution is 2.25. The van der Waals surface area contributed by atoms with Gasteiger partial charge in [0.25, 0.3) is 0 Å². The fourth-order valence-electron chi connectivity index (χ4n) is 3.58. The molecule has 1 N–H and O–H groups in total. The van der Waals surface area contributed by atoms with Crippen LogP contribution in [0.2, 0.25) is 0 Å². The van der Waals surface area contributed by atoms with Gasteiger partial charge in [-0.3, -0.25) is 9.88 Å². The number of nitrogens with zero attached hydrogens (tertiary/aromatic N) is 4. The average molecular weight is 290 g/mol. The van der Waals surface area contributed by atoms with Crippen LogP contribution in [0.3, 0.4) is 0 Å². The third-order valence-corrected chi connectivity index (χ3v) is 4.76. The smallest absolute Gasteiger partial charge is 0.150 e. The minimum absolute atomic E-state index is 0.123. The lowest BCUT2D eigenvalue weighted by Crippen LogP contribution is -2.49. The van der Waals surface area contributed by atoms with Gasteiger partial charge in [-0.05, 0) is 46.1 Å². The van der Waals surface area contributed by atoms with Crippen LogP contribution in [-0.4, -0.2) is 58.3 Å². The Hall–Kier alpha value is -1.20. The van der Waals surface area contributed by atoms with Crippen LogP contribution in [0.25, 0.3) is 0 Å². The lowest BCUT2D eigenvalue weighted by Gasteiger charge is -2.41. The number of piperidine rings is 2. The van der Waals surface area contributed by atoms with Crippen molar-refractivity contribution in [2.75, 3.05) is 31.1 Å². The van der Waals surface area contributed by atoms with Crippen LogP contribution in [0, 0.1) is 13.8 Å². The Bertz CT molecular complexity index is 485. The van der Waals surface area contributed by atoms with Gasteiger partial charge in [-0.1, -0.05) is 0 Å². The summed E-state index contributed by atoms with van der Waals surface area (Å²) in [6.45, 7) is 8.11. The van der Waals surface area contributed by atoms with Gasteiger partial charge in [-0.25, -0.2) is 4.98 Å². The van der Waals surface area contributed by atoms with Gasteiger partial charge in [0.15, 0.2) is 0 Å². The first kappa shape index (κ1) is 14.7. The number of aliphatic hydroxyl groups excluding tert-OH is 1. The van der Waals surface area contributed by atoms with Gasteiger partial charge in [0.05, 0.1) is 17.5 Å². The molecule has 2 aliphatic heterocycles. The molecule has 0 bridgehead atoms. The topological polar surface area (TPSA) is 52.5 Å².